The van der Waals surface area contributed by atoms with Crippen molar-refractivity contribution in [1.82, 2.24) is 14.9 Å². The molecule has 0 atom stereocenters. The molecule has 1 aliphatic rings. The summed E-state index contributed by atoms with van der Waals surface area (Å²) < 4.78 is 33.6. The molecule has 5 rings (SSSR count). The van der Waals surface area contributed by atoms with Crippen molar-refractivity contribution in [2.45, 2.75) is 32.4 Å². The van der Waals surface area contributed by atoms with Crippen LogP contribution in [-0.2, 0) is 13.2 Å². The van der Waals surface area contributed by atoms with Crippen molar-refractivity contribution >= 4 is 28.3 Å². The van der Waals surface area contributed by atoms with E-state index in [0.29, 0.717) is 0 Å². The second-order valence-corrected chi connectivity index (χ2v) is 9.01. The first-order valence-corrected chi connectivity index (χ1v) is 11.7. The van der Waals surface area contributed by atoms with Crippen LogP contribution in [0.5, 0.6) is 5.75 Å². The van der Waals surface area contributed by atoms with Gasteiger partial charge in [0.15, 0.2) is 11.6 Å². The maximum Gasteiger partial charge on any atom is 0.166 e. The van der Waals surface area contributed by atoms with Crippen LogP contribution < -0.4 is 10.5 Å². The Hall–Kier alpha value is -3.16. The van der Waals surface area contributed by atoms with Crippen LogP contribution in [0.3, 0.4) is 0 Å². The molecule has 2 aromatic heterocycles. The molecule has 4 aromatic rings. The minimum Gasteiger partial charge on any atom is -0.485 e. The highest BCUT2D eigenvalue weighted by Gasteiger charge is 2.16. The summed E-state index contributed by atoms with van der Waals surface area (Å²) in [7, 11) is 0. The van der Waals surface area contributed by atoms with Crippen LogP contribution in [0.4, 0.5) is 14.6 Å². The lowest BCUT2D eigenvalue weighted by atomic mass is 10.0. The SMILES string of the molecule is Nc1ncc(-c2ccc3[nH]cc(CN4CCCCC4)c3c2)cc1OCc1c(F)ccc(F)c1Cl. The fraction of sp³-hybridized carbons (Fsp3) is 0.269. The molecule has 0 bridgehead atoms. The van der Waals surface area contributed by atoms with E-state index < -0.39 is 11.6 Å². The first-order valence-electron chi connectivity index (χ1n) is 11.3. The summed E-state index contributed by atoms with van der Waals surface area (Å²) in [6.07, 6.45) is 7.56. The zero-order chi connectivity index (χ0) is 23.7. The number of nitrogens with one attached hydrogen (secondary N) is 1. The van der Waals surface area contributed by atoms with Crippen molar-refractivity contribution in [2.75, 3.05) is 18.8 Å². The van der Waals surface area contributed by atoms with E-state index in [1.165, 1.54) is 24.8 Å². The van der Waals surface area contributed by atoms with Gasteiger partial charge in [0.2, 0.25) is 0 Å². The number of nitrogen functional groups attached to an aromatic ring is 1. The second kappa shape index (κ2) is 9.60. The van der Waals surface area contributed by atoms with Gasteiger partial charge in [-0.3, -0.25) is 4.90 Å². The molecule has 5 nitrogen and oxygen atoms in total. The number of fused-ring (bicyclic) bond motifs is 1. The average Bonchev–Trinajstić information content (AvgIpc) is 3.25. The second-order valence-electron chi connectivity index (χ2n) is 8.63. The zero-order valence-corrected chi connectivity index (χ0v) is 19.3. The topological polar surface area (TPSA) is 67.2 Å². The van der Waals surface area contributed by atoms with Crippen molar-refractivity contribution in [3.8, 4) is 16.9 Å². The number of aromatic amines is 1. The average molecular weight is 483 g/mol. The van der Waals surface area contributed by atoms with Crippen molar-refractivity contribution in [1.29, 1.82) is 0 Å². The number of halogens is 3. The van der Waals surface area contributed by atoms with Crippen LogP contribution >= 0.6 is 11.6 Å². The van der Waals surface area contributed by atoms with E-state index >= 15 is 0 Å². The summed E-state index contributed by atoms with van der Waals surface area (Å²) in [5.41, 5.74) is 10.0. The van der Waals surface area contributed by atoms with Gasteiger partial charge in [-0.15, -0.1) is 0 Å². The summed E-state index contributed by atoms with van der Waals surface area (Å²) in [5, 5.41) is 0.859. The maximum atomic E-state index is 14.1. The van der Waals surface area contributed by atoms with Crippen molar-refractivity contribution < 1.29 is 13.5 Å². The number of ether oxygens (including phenoxy) is 1. The number of pyridine rings is 1. The highest BCUT2D eigenvalue weighted by Crippen LogP contribution is 2.32. The van der Waals surface area contributed by atoms with Gasteiger partial charge in [0, 0.05) is 41.0 Å². The van der Waals surface area contributed by atoms with Crippen molar-refractivity contribution in [3.05, 3.63) is 76.6 Å². The lowest BCUT2D eigenvalue weighted by Gasteiger charge is -2.26. The molecule has 0 spiro atoms. The van der Waals surface area contributed by atoms with E-state index in [0.717, 1.165) is 53.8 Å². The Morgan fingerprint density at radius 1 is 1.03 bits per heavy atom. The van der Waals surface area contributed by atoms with Crippen LogP contribution in [0.15, 0.2) is 48.8 Å². The minimum atomic E-state index is -0.707. The molecule has 3 N–H and O–H groups in total. The number of benzene rings is 2. The van der Waals surface area contributed by atoms with Crippen LogP contribution in [0.2, 0.25) is 5.02 Å². The van der Waals surface area contributed by atoms with E-state index in [-0.39, 0.29) is 28.8 Å². The Labute approximate surface area is 201 Å². The Morgan fingerprint density at radius 3 is 2.65 bits per heavy atom. The number of H-pyrrole nitrogens is 1. The molecular formula is C26H25ClF2N4O. The molecule has 3 heterocycles. The quantitative estimate of drug-likeness (QED) is 0.316. The largest absolute Gasteiger partial charge is 0.485 e. The van der Waals surface area contributed by atoms with Gasteiger partial charge in [-0.2, -0.15) is 0 Å². The van der Waals surface area contributed by atoms with E-state index in [1.807, 2.05) is 12.1 Å². The first kappa shape index (κ1) is 22.6. The molecule has 0 aliphatic carbocycles. The molecular weight excluding hydrogens is 458 g/mol. The third-order valence-corrected chi connectivity index (χ3v) is 6.74. The molecule has 0 unspecified atom stereocenters. The Morgan fingerprint density at radius 2 is 1.82 bits per heavy atom. The van der Waals surface area contributed by atoms with Gasteiger partial charge in [-0.1, -0.05) is 24.1 Å². The van der Waals surface area contributed by atoms with Crippen LogP contribution in [0.25, 0.3) is 22.0 Å². The van der Waals surface area contributed by atoms with Crippen molar-refractivity contribution in [2.24, 2.45) is 0 Å². The molecule has 1 fully saturated rings. The van der Waals surface area contributed by atoms with E-state index in [2.05, 4.69) is 27.1 Å². The van der Waals surface area contributed by atoms with Gasteiger partial charge in [-0.25, -0.2) is 13.8 Å². The summed E-state index contributed by atoms with van der Waals surface area (Å²) in [6, 6.07) is 9.93. The molecule has 2 aromatic carbocycles. The summed E-state index contributed by atoms with van der Waals surface area (Å²) >= 11 is 5.91. The zero-order valence-electron chi connectivity index (χ0n) is 18.6. The normalized spacial score (nSPS) is 14.6. The van der Waals surface area contributed by atoms with Gasteiger partial charge in [0.05, 0.1) is 5.02 Å². The maximum absolute atomic E-state index is 14.1. The third-order valence-electron chi connectivity index (χ3n) is 6.34. The summed E-state index contributed by atoms with van der Waals surface area (Å²) in [5.74, 6) is -0.917. The number of piperidine rings is 1. The van der Waals surface area contributed by atoms with Crippen LogP contribution in [0.1, 0.15) is 30.4 Å². The number of anilines is 1. The molecule has 0 radical (unpaired) electrons. The van der Waals surface area contributed by atoms with Crippen molar-refractivity contribution in [3.63, 3.8) is 0 Å². The summed E-state index contributed by atoms with van der Waals surface area (Å²) in [6.45, 7) is 2.90. The number of aromatic nitrogens is 2. The van der Waals surface area contributed by atoms with E-state index in [4.69, 9.17) is 22.1 Å². The Balaban J connectivity index is 1.41. The third kappa shape index (κ3) is 4.58. The lowest BCUT2D eigenvalue weighted by molar-refractivity contribution is 0.221. The molecule has 1 aliphatic heterocycles. The number of nitrogens with zero attached hydrogens (tertiary/aromatic N) is 2. The Bertz CT molecular complexity index is 1330. The van der Waals surface area contributed by atoms with Gasteiger partial charge in [-0.05, 0) is 67.4 Å². The smallest absolute Gasteiger partial charge is 0.166 e. The fourth-order valence-electron chi connectivity index (χ4n) is 4.43. The highest BCUT2D eigenvalue weighted by atomic mass is 35.5. The van der Waals surface area contributed by atoms with E-state index in [9.17, 15) is 8.78 Å². The number of nitrogens with two attached hydrogens (primary N) is 1. The standard InChI is InChI=1S/C26H25ClF2N4O/c27-25-20(21(28)5-6-22(25)29)15-34-24-11-17(12-32-26(24)30)16-4-7-23-19(10-16)18(13-31-23)14-33-8-2-1-3-9-33/h4-7,10-13,31H,1-3,8-9,14-15H2,(H2,30,32). The predicted molar refractivity (Wildman–Crippen MR) is 131 cm³/mol. The molecule has 8 heteroatoms. The van der Waals surface area contributed by atoms with Crippen LogP contribution in [0, 0.1) is 11.6 Å². The Kier molecular flexibility index (Phi) is 6.39. The van der Waals surface area contributed by atoms with Gasteiger partial charge in [0.1, 0.15) is 18.2 Å². The number of hydrogen-bond donors (Lipinski definition) is 2. The van der Waals surface area contributed by atoms with Crippen LogP contribution in [-0.4, -0.2) is 28.0 Å². The predicted octanol–water partition coefficient (Wildman–Crippen LogP) is 6.31. The number of hydrogen-bond acceptors (Lipinski definition) is 4. The molecule has 0 amide bonds. The number of likely N-dealkylation sites (tertiary alicyclic amines) is 1. The molecule has 1 saturated heterocycles. The molecule has 34 heavy (non-hydrogen) atoms. The molecule has 176 valence electrons. The molecule has 0 saturated carbocycles. The minimum absolute atomic E-state index is 0.0671. The lowest BCUT2D eigenvalue weighted by Crippen LogP contribution is -2.28. The van der Waals surface area contributed by atoms with Gasteiger partial charge < -0.3 is 15.5 Å². The van der Waals surface area contributed by atoms with E-state index in [1.54, 1.807) is 12.3 Å². The highest BCUT2D eigenvalue weighted by molar-refractivity contribution is 6.31. The monoisotopic (exact) mass is 482 g/mol. The summed E-state index contributed by atoms with van der Waals surface area (Å²) in [4.78, 5) is 10.1. The van der Waals surface area contributed by atoms with Gasteiger partial charge >= 0.3 is 0 Å². The fourth-order valence-corrected chi connectivity index (χ4v) is 4.63. The first-order chi connectivity index (χ1) is 16.5. The number of rotatable bonds is 6. The van der Waals surface area contributed by atoms with Gasteiger partial charge in [0.25, 0.3) is 0 Å².